The number of carbonyl (C=O) groups excluding carboxylic acids is 2. The standard InChI is InChI=1S/C13H12N2O3/c1-18-13(17)12(16)15-8-10-5-2-4-9-6-3-7-14-11(9)10/h2-7H,8H2,1H3,(H,15,16). The Hall–Kier alpha value is -2.43. The lowest BCUT2D eigenvalue weighted by atomic mass is 10.1. The molecule has 0 aliphatic carbocycles. The van der Waals surface area contributed by atoms with Crippen LogP contribution >= 0.6 is 0 Å². The number of amides is 1. The highest BCUT2D eigenvalue weighted by molar-refractivity contribution is 6.32. The number of fused-ring (bicyclic) bond motifs is 1. The van der Waals surface area contributed by atoms with Crippen LogP contribution in [-0.4, -0.2) is 24.0 Å². The molecular formula is C13H12N2O3. The van der Waals surface area contributed by atoms with Gasteiger partial charge in [0.25, 0.3) is 0 Å². The van der Waals surface area contributed by atoms with Crippen molar-refractivity contribution in [3.05, 3.63) is 42.1 Å². The number of nitrogens with zero attached hydrogens (tertiary/aromatic N) is 1. The molecule has 1 N–H and O–H groups in total. The molecule has 0 aliphatic heterocycles. The van der Waals surface area contributed by atoms with Crippen LogP contribution in [0.25, 0.3) is 10.9 Å². The Balaban J connectivity index is 2.17. The Bertz CT molecular complexity index is 590. The Morgan fingerprint density at radius 2 is 2.06 bits per heavy atom. The SMILES string of the molecule is COC(=O)C(=O)NCc1cccc2cccnc12. The molecule has 1 aromatic carbocycles. The van der Waals surface area contributed by atoms with Crippen LogP contribution < -0.4 is 5.32 Å². The molecule has 0 fully saturated rings. The minimum absolute atomic E-state index is 0.238. The van der Waals surface area contributed by atoms with E-state index in [2.05, 4.69) is 15.0 Å². The van der Waals surface area contributed by atoms with Crippen molar-refractivity contribution in [3.8, 4) is 0 Å². The van der Waals surface area contributed by atoms with Gasteiger partial charge >= 0.3 is 11.9 Å². The average molecular weight is 244 g/mol. The van der Waals surface area contributed by atoms with Gasteiger partial charge in [0.05, 0.1) is 12.6 Å². The van der Waals surface area contributed by atoms with Crippen molar-refractivity contribution >= 4 is 22.8 Å². The van der Waals surface area contributed by atoms with Crippen molar-refractivity contribution in [1.29, 1.82) is 0 Å². The van der Waals surface area contributed by atoms with Gasteiger partial charge in [-0.3, -0.25) is 9.78 Å². The van der Waals surface area contributed by atoms with Crippen molar-refractivity contribution < 1.29 is 14.3 Å². The first-order valence-electron chi connectivity index (χ1n) is 5.41. The number of ether oxygens (including phenoxy) is 1. The average Bonchev–Trinajstić information content (AvgIpc) is 2.43. The molecule has 0 radical (unpaired) electrons. The Kier molecular flexibility index (Phi) is 3.52. The third kappa shape index (κ3) is 2.45. The normalized spacial score (nSPS) is 10.1. The van der Waals surface area contributed by atoms with Gasteiger partial charge in [-0.05, 0) is 11.6 Å². The fraction of sp³-hybridized carbons (Fsp3) is 0.154. The van der Waals surface area contributed by atoms with Crippen LogP contribution in [0.2, 0.25) is 0 Å². The van der Waals surface area contributed by atoms with E-state index in [1.54, 1.807) is 6.20 Å². The van der Waals surface area contributed by atoms with E-state index in [9.17, 15) is 9.59 Å². The number of aromatic nitrogens is 1. The highest BCUT2D eigenvalue weighted by Crippen LogP contribution is 2.15. The molecule has 0 spiro atoms. The second-order valence-electron chi connectivity index (χ2n) is 3.67. The lowest BCUT2D eigenvalue weighted by Gasteiger charge is -2.06. The number of hydrogen-bond acceptors (Lipinski definition) is 4. The van der Waals surface area contributed by atoms with Gasteiger partial charge in [0.1, 0.15) is 0 Å². The molecule has 5 heteroatoms. The van der Waals surface area contributed by atoms with Gasteiger partial charge in [-0.1, -0.05) is 24.3 Å². The van der Waals surface area contributed by atoms with Crippen LogP contribution in [0.3, 0.4) is 0 Å². The summed E-state index contributed by atoms with van der Waals surface area (Å²) in [6, 6.07) is 9.46. The number of pyridine rings is 1. The number of para-hydroxylation sites is 1. The fourth-order valence-corrected chi connectivity index (χ4v) is 1.65. The summed E-state index contributed by atoms with van der Waals surface area (Å²) >= 11 is 0. The van der Waals surface area contributed by atoms with E-state index in [4.69, 9.17) is 0 Å². The van der Waals surface area contributed by atoms with E-state index in [0.717, 1.165) is 16.5 Å². The second-order valence-corrected chi connectivity index (χ2v) is 3.67. The monoisotopic (exact) mass is 244 g/mol. The van der Waals surface area contributed by atoms with Crippen molar-refractivity contribution in [2.45, 2.75) is 6.54 Å². The molecule has 1 amide bonds. The number of benzene rings is 1. The van der Waals surface area contributed by atoms with E-state index in [1.807, 2.05) is 30.3 Å². The first kappa shape index (κ1) is 12.0. The van der Waals surface area contributed by atoms with E-state index in [1.165, 1.54) is 7.11 Å². The summed E-state index contributed by atoms with van der Waals surface area (Å²) in [5.41, 5.74) is 1.66. The first-order chi connectivity index (χ1) is 8.72. The smallest absolute Gasteiger partial charge is 0.396 e. The van der Waals surface area contributed by atoms with Gasteiger partial charge < -0.3 is 10.1 Å². The van der Waals surface area contributed by atoms with Gasteiger partial charge in [-0.2, -0.15) is 0 Å². The summed E-state index contributed by atoms with van der Waals surface area (Å²) in [6.07, 6.45) is 1.69. The van der Waals surface area contributed by atoms with Crippen molar-refractivity contribution in [3.63, 3.8) is 0 Å². The number of nitrogens with one attached hydrogen (secondary N) is 1. The molecule has 0 bridgehead atoms. The zero-order valence-corrected chi connectivity index (χ0v) is 9.84. The van der Waals surface area contributed by atoms with Gasteiger partial charge in [0, 0.05) is 18.1 Å². The number of rotatable bonds is 2. The summed E-state index contributed by atoms with van der Waals surface area (Å²) in [5, 5.41) is 3.48. The summed E-state index contributed by atoms with van der Waals surface area (Å²) in [6.45, 7) is 0.238. The van der Waals surface area contributed by atoms with Crippen LogP contribution in [0.15, 0.2) is 36.5 Å². The number of methoxy groups -OCH3 is 1. The Labute approximate surface area is 104 Å². The summed E-state index contributed by atoms with van der Waals surface area (Å²) in [5.74, 6) is -1.66. The topological polar surface area (TPSA) is 68.3 Å². The van der Waals surface area contributed by atoms with Gasteiger partial charge in [0.15, 0.2) is 0 Å². The number of esters is 1. The molecule has 0 unspecified atom stereocenters. The maximum Gasteiger partial charge on any atom is 0.396 e. The maximum atomic E-state index is 11.3. The predicted octanol–water partition coefficient (Wildman–Crippen LogP) is 1.02. The van der Waals surface area contributed by atoms with E-state index >= 15 is 0 Å². The third-order valence-electron chi connectivity index (χ3n) is 2.53. The lowest BCUT2D eigenvalue weighted by molar-refractivity contribution is -0.152. The zero-order valence-electron chi connectivity index (χ0n) is 9.84. The van der Waals surface area contributed by atoms with Gasteiger partial charge in [-0.25, -0.2) is 4.79 Å². The van der Waals surface area contributed by atoms with E-state index in [0.29, 0.717) is 0 Å². The Morgan fingerprint density at radius 3 is 2.83 bits per heavy atom. The molecule has 2 rings (SSSR count). The highest BCUT2D eigenvalue weighted by Gasteiger charge is 2.13. The minimum atomic E-state index is -0.900. The first-order valence-corrected chi connectivity index (χ1v) is 5.41. The van der Waals surface area contributed by atoms with E-state index in [-0.39, 0.29) is 6.54 Å². The molecule has 0 aliphatic rings. The highest BCUT2D eigenvalue weighted by atomic mass is 16.5. The van der Waals surface area contributed by atoms with Gasteiger partial charge in [0.2, 0.25) is 0 Å². The lowest BCUT2D eigenvalue weighted by Crippen LogP contribution is -2.31. The molecule has 18 heavy (non-hydrogen) atoms. The molecular weight excluding hydrogens is 232 g/mol. The van der Waals surface area contributed by atoms with Crippen molar-refractivity contribution in [2.75, 3.05) is 7.11 Å². The van der Waals surface area contributed by atoms with Crippen molar-refractivity contribution in [1.82, 2.24) is 10.3 Å². The third-order valence-corrected chi connectivity index (χ3v) is 2.53. The number of carbonyl (C=O) groups is 2. The van der Waals surface area contributed by atoms with Crippen LogP contribution in [0.1, 0.15) is 5.56 Å². The van der Waals surface area contributed by atoms with Crippen LogP contribution in [0.4, 0.5) is 0 Å². The van der Waals surface area contributed by atoms with Gasteiger partial charge in [-0.15, -0.1) is 0 Å². The molecule has 0 saturated carbocycles. The maximum absolute atomic E-state index is 11.3. The van der Waals surface area contributed by atoms with E-state index < -0.39 is 11.9 Å². The van der Waals surface area contributed by atoms with Crippen molar-refractivity contribution in [2.24, 2.45) is 0 Å². The summed E-state index contributed by atoms with van der Waals surface area (Å²) in [7, 11) is 1.17. The molecule has 1 aromatic heterocycles. The molecule has 0 saturated heterocycles. The predicted molar refractivity (Wildman–Crippen MR) is 65.6 cm³/mol. The Morgan fingerprint density at radius 1 is 1.28 bits per heavy atom. The summed E-state index contributed by atoms with van der Waals surface area (Å²) < 4.78 is 4.32. The van der Waals surface area contributed by atoms with Crippen LogP contribution in [0, 0.1) is 0 Å². The van der Waals surface area contributed by atoms with Crippen LogP contribution in [0.5, 0.6) is 0 Å². The second kappa shape index (κ2) is 5.27. The largest absolute Gasteiger partial charge is 0.462 e. The molecule has 2 aromatic rings. The quantitative estimate of drug-likeness (QED) is 0.632. The zero-order chi connectivity index (χ0) is 13.0. The fourth-order valence-electron chi connectivity index (χ4n) is 1.65. The molecule has 5 nitrogen and oxygen atoms in total. The minimum Gasteiger partial charge on any atom is -0.462 e. The van der Waals surface area contributed by atoms with Crippen LogP contribution in [-0.2, 0) is 20.9 Å². The number of hydrogen-bond donors (Lipinski definition) is 1. The molecule has 92 valence electrons. The molecule has 0 atom stereocenters. The summed E-state index contributed by atoms with van der Waals surface area (Å²) in [4.78, 5) is 26.5. The molecule has 1 heterocycles.